The number of amides is 1. The van der Waals surface area contributed by atoms with E-state index in [1.165, 1.54) is 36.2 Å². The lowest BCUT2D eigenvalue weighted by Gasteiger charge is -2.12. The van der Waals surface area contributed by atoms with Crippen molar-refractivity contribution in [2.45, 2.75) is 13.5 Å². The van der Waals surface area contributed by atoms with Crippen molar-refractivity contribution in [3.63, 3.8) is 0 Å². The van der Waals surface area contributed by atoms with Crippen molar-refractivity contribution in [1.29, 1.82) is 0 Å². The van der Waals surface area contributed by atoms with E-state index in [0.29, 0.717) is 43.3 Å². The zero-order valence-electron chi connectivity index (χ0n) is 16.5. The minimum Gasteiger partial charge on any atom is -0.497 e. The summed E-state index contributed by atoms with van der Waals surface area (Å²) in [6.07, 6.45) is 0. The Balaban J connectivity index is 1.69. The van der Waals surface area contributed by atoms with Crippen molar-refractivity contribution < 1.29 is 18.7 Å². The Morgan fingerprint density at radius 2 is 1.90 bits per heavy atom. The van der Waals surface area contributed by atoms with E-state index in [1.807, 2.05) is 0 Å². The number of ether oxygens (including phenoxy) is 2. The molecule has 4 rings (SSSR count). The van der Waals surface area contributed by atoms with Gasteiger partial charge in [-0.25, -0.2) is 9.37 Å². The number of anilines is 1. The van der Waals surface area contributed by atoms with Crippen LogP contribution in [0.2, 0.25) is 0 Å². The summed E-state index contributed by atoms with van der Waals surface area (Å²) < 4.78 is 26.9. The molecule has 2 heterocycles. The van der Waals surface area contributed by atoms with Gasteiger partial charge in [-0.1, -0.05) is 6.07 Å². The molecule has 9 heteroatoms. The van der Waals surface area contributed by atoms with E-state index in [2.05, 4.69) is 10.3 Å². The molecule has 0 bridgehead atoms. The molecule has 154 valence electrons. The number of methoxy groups -OCH3 is 2. The highest BCUT2D eigenvalue weighted by Gasteiger charge is 2.18. The van der Waals surface area contributed by atoms with Crippen LogP contribution in [-0.2, 0) is 11.3 Å². The number of fused-ring (bicyclic) bond motifs is 3. The van der Waals surface area contributed by atoms with Gasteiger partial charge in [-0.05, 0) is 19.1 Å². The summed E-state index contributed by atoms with van der Waals surface area (Å²) in [6.45, 7) is 1.39. The Kier molecular flexibility index (Phi) is 5.13. The average molecular weight is 427 g/mol. The lowest BCUT2D eigenvalue weighted by molar-refractivity contribution is -0.116. The fraction of sp³-hybridized carbons (Fsp3) is 0.190. The van der Waals surface area contributed by atoms with Crippen molar-refractivity contribution >= 4 is 43.2 Å². The van der Waals surface area contributed by atoms with Crippen LogP contribution in [0.5, 0.6) is 11.5 Å². The van der Waals surface area contributed by atoms with Crippen molar-refractivity contribution in [3.05, 3.63) is 58.4 Å². The number of carbonyl (C=O) groups excluding carboxylic acids is 1. The van der Waals surface area contributed by atoms with Gasteiger partial charge in [0.2, 0.25) is 5.91 Å². The Morgan fingerprint density at radius 3 is 2.57 bits per heavy atom. The monoisotopic (exact) mass is 427 g/mol. The third kappa shape index (κ3) is 3.48. The van der Waals surface area contributed by atoms with Gasteiger partial charge in [-0.2, -0.15) is 0 Å². The van der Waals surface area contributed by atoms with Gasteiger partial charge in [-0.15, -0.1) is 11.3 Å². The van der Waals surface area contributed by atoms with Crippen LogP contribution in [-0.4, -0.2) is 29.7 Å². The van der Waals surface area contributed by atoms with E-state index in [-0.39, 0.29) is 12.1 Å². The maximum absolute atomic E-state index is 14.3. The van der Waals surface area contributed by atoms with Crippen LogP contribution in [0.4, 0.5) is 10.1 Å². The Labute approximate surface area is 174 Å². The summed E-state index contributed by atoms with van der Waals surface area (Å²) in [5, 5.41) is 3.07. The summed E-state index contributed by atoms with van der Waals surface area (Å²) in [6, 6.07) is 9.65. The SMILES string of the molecule is COc1cc(NC(=O)Cn2c(C)nc3c(sc4cccc(F)c43)c2=O)cc(OC)c1. The van der Waals surface area contributed by atoms with Crippen molar-refractivity contribution in [2.75, 3.05) is 19.5 Å². The van der Waals surface area contributed by atoms with Crippen LogP contribution < -0.4 is 20.3 Å². The second-order valence-corrected chi connectivity index (χ2v) is 7.64. The van der Waals surface area contributed by atoms with Gasteiger partial charge in [0.1, 0.15) is 34.4 Å². The first kappa shape index (κ1) is 19.8. The van der Waals surface area contributed by atoms with E-state index in [1.54, 1.807) is 37.3 Å². The maximum Gasteiger partial charge on any atom is 0.272 e. The highest BCUT2D eigenvalue weighted by atomic mass is 32.1. The van der Waals surface area contributed by atoms with Crippen molar-refractivity contribution in [1.82, 2.24) is 9.55 Å². The molecule has 30 heavy (non-hydrogen) atoms. The number of carbonyl (C=O) groups is 1. The standard InChI is InChI=1S/C21H18FN3O4S/c1-11-23-19-18-15(22)5-4-6-16(18)30-20(19)21(27)25(11)10-17(26)24-12-7-13(28-2)9-14(8-12)29-3/h4-9H,10H2,1-3H3,(H,24,26). The Bertz CT molecular complexity index is 1320. The number of thiophene rings is 1. The van der Waals surface area contributed by atoms with Gasteiger partial charge < -0.3 is 14.8 Å². The smallest absolute Gasteiger partial charge is 0.272 e. The summed E-state index contributed by atoms with van der Waals surface area (Å²) in [5.41, 5.74) is 0.418. The molecule has 1 amide bonds. The summed E-state index contributed by atoms with van der Waals surface area (Å²) >= 11 is 1.17. The van der Waals surface area contributed by atoms with Gasteiger partial charge >= 0.3 is 0 Å². The first-order valence-corrected chi connectivity index (χ1v) is 9.84. The quantitative estimate of drug-likeness (QED) is 0.525. The van der Waals surface area contributed by atoms with Crippen LogP contribution in [0.15, 0.2) is 41.2 Å². The van der Waals surface area contributed by atoms with Crippen LogP contribution >= 0.6 is 11.3 Å². The molecule has 0 spiro atoms. The van der Waals surface area contributed by atoms with Gasteiger partial charge in [0.25, 0.3) is 5.56 Å². The molecule has 0 saturated carbocycles. The fourth-order valence-electron chi connectivity index (χ4n) is 3.24. The van der Waals surface area contributed by atoms with E-state index in [0.717, 1.165) is 0 Å². The average Bonchev–Trinajstić information content (AvgIpc) is 3.10. The Hall–Kier alpha value is -3.46. The van der Waals surface area contributed by atoms with Crippen LogP contribution in [0, 0.1) is 12.7 Å². The molecule has 4 aromatic rings. The first-order chi connectivity index (χ1) is 14.4. The molecular weight excluding hydrogens is 409 g/mol. The number of rotatable bonds is 5. The predicted molar refractivity (Wildman–Crippen MR) is 114 cm³/mol. The van der Waals surface area contributed by atoms with Crippen LogP contribution in [0.25, 0.3) is 20.3 Å². The molecule has 2 aromatic heterocycles. The van der Waals surface area contributed by atoms with Gasteiger partial charge in [0, 0.05) is 28.6 Å². The highest BCUT2D eigenvalue weighted by Crippen LogP contribution is 2.32. The topological polar surface area (TPSA) is 82.5 Å². The molecule has 1 N–H and O–H groups in total. The number of aromatic nitrogens is 2. The molecule has 2 aromatic carbocycles. The van der Waals surface area contributed by atoms with Crippen LogP contribution in [0.3, 0.4) is 0 Å². The number of aryl methyl sites for hydroxylation is 1. The third-order valence-electron chi connectivity index (χ3n) is 4.68. The molecule has 0 radical (unpaired) electrons. The van der Waals surface area contributed by atoms with Crippen LogP contribution in [0.1, 0.15) is 5.82 Å². The van der Waals surface area contributed by atoms with E-state index >= 15 is 0 Å². The second kappa shape index (κ2) is 7.75. The van der Waals surface area contributed by atoms with E-state index in [4.69, 9.17) is 9.47 Å². The minimum atomic E-state index is -0.424. The molecular formula is C21H18FN3O4S. The van der Waals surface area contributed by atoms with Crippen molar-refractivity contribution in [2.24, 2.45) is 0 Å². The van der Waals surface area contributed by atoms with Gasteiger partial charge in [0.15, 0.2) is 0 Å². The molecule has 0 atom stereocenters. The lowest BCUT2D eigenvalue weighted by atomic mass is 10.2. The Morgan fingerprint density at radius 1 is 1.20 bits per heavy atom. The largest absolute Gasteiger partial charge is 0.497 e. The number of nitrogens with zero attached hydrogens (tertiary/aromatic N) is 2. The van der Waals surface area contributed by atoms with E-state index < -0.39 is 11.7 Å². The third-order valence-corrected chi connectivity index (χ3v) is 5.81. The number of nitrogens with one attached hydrogen (secondary N) is 1. The van der Waals surface area contributed by atoms with E-state index in [9.17, 15) is 14.0 Å². The molecule has 7 nitrogen and oxygen atoms in total. The molecule has 0 saturated heterocycles. The zero-order chi connectivity index (χ0) is 21.4. The predicted octanol–water partition coefficient (Wildman–Crippen LogP) is 3.71. The number of hydrogen-bond acceptors (Lipinski definition) is 6. The minimum absolute atomic E-state index is 0.232. The number of hydrogen-bond donors (Lipinski definition) is 1. The van der Waals surface area contributed by atoms with Gasteiger partial charge in [-0.3, -0.25) is 14.2 Å². The molecule has 0 fully saturated rings. The number of halogens is 1. The maximum atomic E-state index is 14.3. The molecule has 0 aliphatic heterocycles. The summed E-state index contributed by atoms with van der Waals surface area (Å²) in [4.78, 5) is 30.0. The first-order valence-electron chi connectivity index (χ1n) is 9.02. The molecule has 0 unspecified atom stereocenters. The number of benzene rings is 2. The second-order valence-electron chi connectivity index (χ2n) is 6.59. The summed E-state index contributed by atoms with van der Waals surface area (Å²) in [5.74, 6) is 0.534. The lowest BCUT2D eigenvalue weighted by Crippen LogP contribution is -2.29. The zero-order valence-corrected chi connectivity index (χ0v) is 17.3. The normalized spacial score (nSPS) is 11.1. The highest BCUT2D eigenvalue weighted by molar-refractivity contribution is 7.25. The summed E-state index contributed by atoms with van der Waals surface area (Å²) in [7, 11) is 3.02. The van der Waals surface area contributed by atoms with Gasteiger partial charge in [0.05, 0.1) is 25.1 Å². The van der Waals surface area contributed by atoms with Crippen molar-refractivity contribution in [3.8, 4) is 11.5 Å². The molecule has 0 aliphatic carbocycles. The molecule has 0 aliphatic rings. The fourth-order valence-corrected chi connectivity index (χ4v) is 4.35.